The summed E-state index contributed by atoms with van der Waals surface area (Å²) in [4.78, 5) is 0. The van der Waals surface area contributed by atoms with Gasteiger partial charge in [0.05, 0.1) is 6.54 Å². The zero-order chi connectivity index (χ0) is 26.2. The summed E-state index contributed by atoms with van der Waals surface area (Å²) in [5.41, 5.74) is 2.81. The molecule has 1 aromatic heterocycles. The number of aromatic nitrogens is 2. The molecule has 3 rings (SSSR count). The fraction of sp³-hybridized carbons (Fsp3) is 0.571. The minimum atomic E-state index is 0.00890. The normalized spacial score (nSPS) is 13.9. The third-order valence-corrected chi connectivity index (χ3v) is 8.45. The van der Waals surface area contributed by atoms with Crippen LogP contribution < -0.4 is 4.57 Å². The van der Waals surface area contributed by atoms with Crippen molar-refractivity contribution in [2.24, 2.45) is 0 Å². The Morgan fingerprint density at radius 2 is 1.22 bits per heavy atom. The third-order valence-electron chi connectivity index (χ3n) is 8.45. The number of hydrogen-bond acceptors (Lipinski definition) is 0. The summed E-state index contributed by atoms with van der Waals surface area (Å²) in [5, 5.41) is 0. The van der Waals surface area contributed by atoms with Gasteiger partial charge in [0.1, 0.15) is 18.4 Å². The molecule has 0 aliphatic carbocycles. The highest BCUT2D eigenvalue weighted by molar-refractivity contribution is 5.30. The first-order valence-corrected chi connectivity index (χ1v) is 15.3. The van der Waals surface area contributed by atoms with Crippen molar-refractivity contribution in [2.75, 3.05) is 0 Å². The molecule has 0 fully saturated rings. The molecule has 2 heteroatoms. The van der Waals surface area contributed by atoms with E-state index in [1.807, 2.05) is 0 Å². The minimum Gasteiger partial charge on any atom is -0.237 e. The number of unbranched alkanes of at least 4 members (excludes halogenated alkanes) is 12. The Morgan fingerprint density at radius 1 is 0.703 bits per heavy atom. The van der Waals surface area contributed by atoms with Crippen LogP contribution in [0.4, 0.5) is 0 Å². The first-order valence-electron chi connectivity index (χ1n) is 15.3. The van der Waals surface area contributed by atoms with Crippen LogP contribution in [0.1, 0.15) is 121 Å². The number of benzene rings is 2. The van der Waals surface area contributed by atoms with E-state index in [4.69, 9.17) is 0 Å². The molecule has 0 aliphatic heterocycles. The van der Waals surface area contributed by atoms with Crippen LogP contribution in [-0.4, -0.2) is 4.57 Å². The number of hydrogen-bond donors (Lipinski definition) is 0. The third kappa shape index (κ3) is 9.80. The molecule has 3 aromatic rings. The van der Waals surface area contributed by atoms with Crippen molar-refractivity contribution in [3.63, 3.8) is 0 Å². The molecular weight excluding hydrogens is 448 g/mol. The van der Waals surface area contributed by atoms with Gasteiger partial charge in [0.2, 0.25) is 6.33 Å². The van der Waals surface area contributed by atoms with Gasteiger partial charge in [0.15, 0.2) is 0 Å². The molecule has 2 unspecified atom stereocenters. The highest BCUT2D eigenvalue weighted by Crippen LogP contribution is 2.38. The molecule has 0 spiro atoms. The van der Waals surface area contributed by atoms with Crippen molar-refractivity contribution in [1.29, 1.82) is 0 Å². The monoisotopic (exact) mass is 501 g/mol. The molecule has 1 heterocycles. The molecule has 0 saturated heterocycles. The van der Waals surface area contributed by atoms with Gasteiger partial charge in [-0.05, 0) is 37.3 Å². The topological polar surface area (TPSA) is 8.81 Å². The Bertz CT molecular complexity index is 961. The zero-order valence-corrected chi connectivity index (χ0v) is 24.1. The molecule has 0 amide bonds. The maximum atomic E-state index is 2.43. The Morgan fingerprint density at radius 3 is 1.78 bits per heavy atom. The largest absolute Gasteiger partial charge is 0.243 e. The lowest BCUT2D eigenvalue weighted by molar-refractivity contribution is -0.697. The predicted molar refractivity (Wildman–Crippen MR) is 159 cm³/mol. The molecule has 202 valence electrons. The van der Waals surface area contributed by atoms with Crippen LogP contribution >= 0.6 is 0 Å². The molecule has 0 N–H and O–H groups in total. The van der Waals surface area contributed by atoms with E-state index >= 15 is 0 Å². The molecule has 0 bridgehead atoms. The Balaban J connectivity index is 1.41. The van der Waals surface area contributed by atoms with E-state index in [0.717, 1.165) is 13.0 Å². The fourth-order valence-electron chi connectivity index (χ4n) is 5.74. The van der Waals surface area contributed by atoms with Crippen molar-refractivity contribution in [1.82, 2.24) is 4.57 Å². The van der Waals surface area contributed by atoms with E-state index < -0.39 is 0 Å². The Hall–Kier alpha value is -2.35. The molecule has 2 nitrogen and oxygen atoms in total. The predicted octanol–water partition coefficient (Wildman–Crippen LogP) is 9.63. The number of aryl methyl sites for hydroxylation is 1. The molecule has 37 heavy (non-hydrogen) atoms. The van der Waals surface area contributed by atoms with Gasteiger partial charge in [-0.25, -0.2) is 9.13 Å². The number of nitrogens with zero attached hydrogens (tertiary/aromatic N) is 2. The van der Waals surface area contributed by atoms with E-state index in [0.29, 0.717) is 6.04 Å². The highest BCUT2D eigenvalue weighted by Gasteiger charge is 2.37. The molecule has 2 aromatic carbocycles. The molecular formula is C35H53N2+. The van der Waals surface area contributed by atoms with Crippen LogP contribution in [0.5, 0.6) is 0 Å². The standard InChI is InChI=1S/C35H53N2/c1-4-5-6-7-8-9-10-11-12-13-14-15-22-27-36-28-29-37(31-36)32(2)35(3,34-25-20-17-21-26-34)30-33-23-18-16-19-24-33/h16-21,23-26,28-29,31-32H,4-15,22,27,30H2,1-3H3/q+1. The summed E-state index contributed by atoms with van der Waals surface area (Å²) in [7, 11) is 0. The smallest absolute Gasteiger partial charge is 0.237 e. The van der Waals surface area contributed by atoms with Gasteiger partial charge in [0.25, 0.3) is 0 Å². The minimum absolute atomic E-state index is 0.00890. The van der Waals surface area contributed by atoms with Crippen molar-refractivity contribution >= 4 is 0 Å². The summed E-state index contributed by atoms with van der Waals surface area (Å²) in [6.45, 7) is 8.23. The molecule has 0 aliphatic rings. The maximum absolute atomic E-state index is 2.43. The Kier molecular flexibility index (Phi) is 13.0. The van der Waals surface area contributed by atoms with Gasteiger partial charge in [0, 0.05) is 5.41 Å². The average Bonchev–Trinajstić information content (AvgIpc) is 3.40. The summed E-state index contributed by atoms with van der Waals surface area (Å²) >= 11 is 0. The van der Waals surface area contributed by atoms with E-state index in [1.54, 1.807) is 0 Å². The van der Waals surface area contributed by atoms with Gasteiger partial charge in [-0.3, -0.25) is 0 Å². The summed E-state index contributed by atoms with van der Waals surface area (Å²) < 4.78 is 4.82. The van der Waals surface area contributed by atoms with Gasteiger partial charge >= 0.3 is 0 Å². The Labute approximate surface area is 228 Å². The van der Waals surface area contributed by atoms with Gasteiger partial charge in [-0.2, -0.15) is 0 Å². The van der Waals surface area contributed by atoms with Crippen molar-refractivity contribution in [3.8, 4) is 0 Å². The average molecular weight is 502 g/mol. The van der Waals surface area contributed by atoms with E-state index in [-0.39, 0.29) is 5.41 Å². The van der Waals surface area contributed by atoms with E-state index in [2.05, 4.69) is 109 Å². The van der Waals surface area contributed by atoms with Crippen molar-refractivity contribution < 1.29 is 4.57 Å². The van der Waals surface area contributed by atoms with Gasteiger partial charge < -0.3 is 0 Å². The van der Waals surface area contributed by atoms with Crippen LogP contribution in [0.15, 0.2) is 79.4 Å². The van der Waals surface area contributed by atoms with Crippen LogP contribution in [0.3, 0.4) is 0 Å². The second-order valence-electron chi connectivity index (χ2n) is 11.5. The van der Waals surface area contributed by atoms with E-state index in [9.17, 15) is 0 Å². The molecule has 0 saturated carbocycles. The lowest BCUT2D eigenvalue weighted by atomic mass is 9.72. The zero-order valence-electron chi connectivity index (χ0n) is 24.1. The highest BCUT2D eigenvalue weighted by atomic mass is 15.1. The first-order chi connectivity index (χ1) is 18.1. The van der Waals surface area contributed by atoms with Crippen LogP contribution in [-0.2, 0) is 18.4 Å². The number of imidazole rings is 1. The SMILES string of the molecule is CCCCCCCCCCCCCCC[n+]1ccn(C(C)C(C)(Cc2ccccc2)c2ccccc2)c1. The van der Waals surface area contributed by atoms with Crippen LogP contribution in [0, 0.1) is 0 Å². The number of rotatable bonds is 19. The molecule has 2 atom stereocenters. The lowest BCUT2D eigenvalue weighted by Crippen LogP contribution is -2.36. The summed E-state index contributed by atoms with van der Waals surface area (Å²) in [5.74, 6) is 0. The first kappa shape index (κ1) is 29.2. The lowest BCUT2D eigenvalue weighted by Gasteiger charge is -2.34. The summed E-state index contributed by atoms with van der Waals surface area (Å²) in [6.07, 6.45) is 26.2. The maximum Gasteiger partial charge on any atom is 0.243 e. The summed E-state index contributed by atoms with van der Waals surface area (Å²) in [6, 6.07) is 22.4. The van der Waals surface area contributed by atoms with Crippen LogP contribution in [0.2, 0.25) is 0 Å². The second kappa shape index (κ2) is 16.5. The second-order valence-corrected chi connectivity index (χ2v) is 11.5. The van der Waals surface area contributed by atoms with Gasteiger partial charge in [-0.15, -0.1) is 0 Å². The van der Waals surface area contributed by atoms with Gasteiger partial charge in [-0.1, -0.05) is 145 Å². The van der Waals surface area contributed by atoms with Crippen LogP contribution in [0.25, 0.3) is 0 Å². The van der Waals surface area contributed by atoms with E-state index in [1.165, 1.54) is 94.6 Å². The quantitative estimate of drug-likeness (QED) is 0.114. The van der Waals surface area contributed by atoms with Crippen molar-refractivity contribution in [3.05, 3.63) is 90.5 Å². The molecule has 0 radical (unpaired) electrons. The fourth-order valence-corrected chi connectivity index (χ4v) is 5.74. The van der Waals surface area contributed by atoms with Crippen molar-refractivity contribution in [2.45, 2.75) is 129 Å².